The van der Waals surface area contributed by atoms with Crippen LogP contribution in [0.15, 0.2) is 25.8 Å². The first-order valence-electron chi connectivity index (χ1n) is 7.59. The van der Waals surface area contributed by atoms with E-state index in [2.05, 4.69) is 25.2 Å². The Hall–Kier alpha value is -1.78. The summed E-state index contributed by atoms with van der Waals surface area (Å²) in [6.07, 6.45) is 10.2. The normalized spacial score (nSPS) is 9.19. The third-order valence-electron chi connectivity index (χ3n) is 2.91. The van der Waals surface area contributed by atoms with Gasteiger partial charge in [-0.2, -0.15) is 0 Å². The van der Waals surface area contributed by atoms with Gasteiger partial charge in [-0.25, -0.2) is 10.2 Å². The van der Waals surface area contributed by atoms with Crippen LogP contribution in [0.2, 0.25) is 0 Å². The predicted molar refractivity (Wildman–Crippen MR) is 88.5 cm³/mol. The standard InChI is InChI=1S/C14H27N3O2.C2H4/c1-3-5-6-7-8-9-10-11-12-13(18)17(4-2)16-14(15)19;1-2/h3H,1,4-12H2,2H3,(H3,15,16,19);1-2H2. The van der Waals surface area contributed by atoms with Gasteiger partial charge < -0.3 is 5.73 Å². The minimum Gasteiger partial charge on any atom is -0.350 e. The maximum atomic E-state index is 11.7. The van der Waals surface area contributed by atoms with Gasteiger partial charge in [0.05, 0.1) is 0 Å². The van der Waals surface area contributed by atoms with Crippen LogP contribution in [-0.4, -0.2) is 23.5 Å². The number of urea groups is 1. The number of primary amides is 1. The lowest BCUT2D eigenvalue weighted by Crippen LogP contribution is -2.48. The molecule has 3 amide bonds. The molecule has 0 spiro atoms. The maximum Gasteiger partial charge on any atom is 0.331 e. The molecule has 0 atom stereocenters. The number of hydrogen-bond donors (Lipinski definition) is 2. The number of hydrazine groups is 1. The van der Waals surface area contributed by atoms with E-state index in [0.29, 0.717) is 13.0 Å². The Labute approximate surface area is 129 Å². The average Bonchev–Trinajstić information content (AvgIpc) is 2.49. The summed E-state index contributed by atoms with van der Waals surface area (Å²) in [6, 6.07) is -0.697. The third kappa shape index (κ3) is 14.4. The highest BCUT2D eigenvalue weighted by atomic mass is 16.2. The molecule has 0 heterocycles. The zero-order valence-corrected chi connectivity index (χ0v) is 13.4. The van der Waals surface area contributed by atoms with Crippen molar-refractivity contribution in [1.82, 2.24) is 10.4 Å². The summed E-state index contributed by atoms with van der Waals surface area (Å²) < 4.78 is 0. The number of nitrogens with two attached hydrogens (primary N) is 1. The number of allylic oxidation sites excluding steroid dienone is 1. The van der Waals surface area contributed by atoms with Crippen molar-refractivity contribution >= 4 is 11.9 Å². The average molecular weight is 297 g/mol. The van der Waals surface area contributed by atoms with Gasteiger partial charge in [0.15, 0.2) is 0 Å². The number of carbonyl (C=O) groups excluding carboxylic acids is 2. The van der Waals surface area contributed by atoms with Gasteiger partial charge in [-0.05, 0) is 26.2 Å². The largest absolute Gasteiger partial charge is 0.350 e. The molecule has 0 aliphatic heterocycles. The minimum atomic E-state index is -0.697. The van der Waals surface area contributed by atoms with Crippen LogP contribution in [0.4, 0.5) is 4.79 Å². The highest BCUT2D eigenvalue weighted by molar-refractivity contribution is 5.80. The summed E-state index contributed by atoms with van der Waals surface area (Å²) in [7, 11) is 0. The lowest BCUT2D eigenvalue weighted by Gasteiger charge is -2.20. The summed E-state index contributed by atoms with van der Waals surface area (Å²) in [6.45, 7) is 11.9. The topological polar surface area (TPSA) is 75.4 Å². The second-order valence-corrected chi connectivity index (χ2v) is 4.56. The number of nitrogens with zero attached hydrogens (tertiary/aromatic N) is 1. The summed E-state index contributed by atoms with van der Waals surface area (Å²) in [5.41, 5.74) is 7.31. The number of carbonyl (C=O) groups is 2. The zero-order chi connectivity index (χ0) is 16.5. The molecule has 0 saturated carbocycles. The predicted octanol–water partition coefficient (Wildman–Crippen LogP) is 3.53. The molecule has 0 aromatic heterocycles. The van der Waals surface area contributed by atoms with Crippen molar-refractivity contribution in [2.75, 3.05) is 6.54 Å². The number of amides is 3. The Morgan fingerprint density at radius 1 is 1.10 bits per heavy atom. The molecule has 3 N–H and O–H groups in total. The lowest BCUT2D eigenvalue weighted by molar-refractivity contribution is -0.133. The Morgan fingerprint density at radius 3 is 2.10 bits per heavy atom. The molecule has 0 aliphatic rings. The molecule has 0 bridgehead atoms. The summed E-state index contributed by atoms with van der Waals surface area (Å²) in [4.78, 5) is 22.4. The van der Waals surface area contributed by atoms with E-state index in [1.807, 2.05) is 6.08 Å². The molecule has 5 nitrogen and oxygen atoms in total. The van der Waals surface area contributed by atoms with E-state index in [4.69, 9.17) is 5.73 Å². The molecule has 122 valence electrons. The van der Waals surface area contributed by atoms with Crippen molar-refractivity contribution in [3.8, 4) is 0 Å². The molecule has 5 heteroatoms. The first kappa shape index (κ1) is 21.5. The van der Waals surface area contributed by atoms with Gasteiger partial charge in [0.1, 0.15) is 0 Å². The molecule has 0 radical (unpaired) electrons. The molecular weight excluding hydrogens is 266 g/mol. The van der Waals surface area contributed by atoms with Crippen LogP contribution < -0.4 is 11.2 Å². The highest BCUT2D eigenvalue weighted by Gasteiger charge is 2.11. The number of hydrogen-bond acceptors (Lipinski definition) is 2. The second kappa shape index (κ2) is 16.3. The molecule has 0 saturated heterocycles. The van der Waals surface area contributed by atoms with Crippen molar-refractivity contribution in [2.24, 2.45) is 5.73 Å². The molecule has 0 rings (SSSR count). The Bertz CT molecular complexity index is 293. The Kier molecular flexibility index (Phi) is 16.7. The van der Waals surface area contributed by atoms with Crippen LogP contribution in [0.1, 0.15) is 58.3 Å². The SMILES string of the molecule is C=C.C=CCCCCCCCCC(=O)N(CC)NC(N)=O. The summed E-state index contributed by atoms with van der Waals surface area (Å²) in [5, 5.41) is 1.27. The second-order valence-electron chi connectivity index (χ2n) is 4.56. The van der Waals surface area contributed by atoms with Crippen molar-refractivity contribution < 1.29 is 9.59 Å². The van der Waals surface area contributed by atoms with Crippen LogP contribution in [0.5, 0.6) is 0 Å². The van der Waals surface area contributed by atoms with Crippen molar-refractivity contribution in [3.05, 3.63) is 25.8 Å². The highest BCUT2D eigenvalue weighted by Crippen LogP contribution is 2.09. The van der Waals surface area contributed by atoms with E-state index in [1.165, 1.54) is 24.3 Å². The smallest absolute Gasteiger partial charge is 0.331 e. The summed E-state index contributed by atoms with van der Waals surface area (Å²) in [5.74, 6) is -0.0760. The van der Waals surface area contributed by atoms with Gasteiger partial charge in [0.25, 0.3) is 0 Å². The number of nitrogens with one attached hydrogen (secondary N) is 1. The van der Waals surface area contributed by atoms with Gasteiger partial charge in [0, 0.05) is 13.0 Å². The van der Waals surface area contributed by atoms with E-state index >= 15 is 0 Å². The van der Waals surface area contributed by atoms with Crippen molar-refractivity contribution in [2.45, 2.75) is 58.3 Å². The van der Waals surface area contributed by atoms with Crippen LogP contribution in [0.25, 0.3) is 0 Å². The fourth-order valence-electron chi connectivity index (χ4n) is 1.86. The quantitative estimate of drug-likeness (QED) is 0.368. The van der Waals surface area contributed by atoms with Crippen LogP contribution in [-0.2, 0) is 4.79 Å². The Morgan fingerprint density at radius 2 is 1.62 bits per heavy atom. The van der Waals surface area contributed by atoms with E-state index in [0.717, 1.165) is 25.7 Å². The van der Waals surface area contributed by atoms with Crippen LogP contribution in [0.3, 0.4) is 0 Å². The van der Waals surface area contributed by atoms with E-state index < -0.39 is 6.03 Å². The molecule has 0 aromatic carbocycles. The van der Waals surface area contributed by atoms with Crippen molar-refractivity contribution in [1.29, 1.82) is 0 Å². The Balaban J connectivity index is 0. The maximum absolute atomic E-state index is 11.7. The van der Waals surface area contributed by atoms with Gasteiger partial charge >= 0.3 is 6.03 Å². The monoisotopic (exact) mass is 297 g/mol. The number of rotatable bonds is 10. The van der Waals surface area contributed by atoms with Crippen molar-refractivity contribution in [3.63, 3.8) is 0 Å². The van der Waals surface area contributed by atoms with Gasteiger partial charge in [-0.3, -0.25) is 9.80 Å². The fraction of sp³-hybridized carbons (Fsp3) is 0.625. The molecular formula is C16H31N3O2. The summed E-state index contributed by atoms with van der Waals surface area (Å²) >= 11 is 0. The first-order chi connectivity index (χ1) is 10.1. The lowest BCUT2D eigenvalue weighted by atomic mass is 10.1. The fourth-order valence-corrected chi connectivity index (χ4v) is 1.86. The molecule has 0 unspecified atom stereocenters. The van der Waals surface area contributed by atoms with Gasteiger partial charge in [0.2, 0.25) is 5.91 Å². The molecule has 21 heavy (non-hydrogen) atoms. The van der Waals surface area contributed by atoms with Crippen LogP contribution in [0, 0.1) is 0 Å². The van der Waals surface area contributed by atoms with E-state index in [-0.39, 0.29) is 5.91 Å². The first-order valence-corrected chi connectivity index (χ1v) is 7.59. The van der Waals surface area contributed by atoms with Crippen LogP contribution >= 0.6 is 0 Å². The molecule has 0 fully saturated rings. The van der Waals surface area contributed by atoms with Gasteiger partial charge in [-0.1, -0.05) is 31.8 Å². The number of unbranched alkanes of at least 4 members (excludes halogenated alkanes) is 6. The molecule has 0 aliphatic carbocycles. The van der Waals surface area contributed by atoms with Gasteiger partial charge in [-0.15, -0.1) is 19.7 Å². The third-order valence-corrected chi connectivity index (χ3v) is 2.91. The molecule has 0 aromatic rings. The minimum absolute atomic E-state index is 0.0760. The van der Waals surface area contributed by atoms with E-state index in [1.54, 1.807) is 6.92 Å². The van der Waals surface area contributed by atoms with E-state index in [9.17, 15) is 9.59 Å². The zero-order valence-electron chi connectivity index (χ0n) is 13.4.